The summed E-state index contributed by atoms with van der Waals surface area (Å²) in [7, 11) is -1.04. The van der Waals surface area contributed by atoms with Crippen molar-refractivity contribution < 1.29 is 4.74 Å². The first-order valence-corrected chi connectivity index (χ1v) is 11.3. The van der Waals surface area contributed by atoms with Crippen molar-refractivity contribution in [3.05, 3.63) is 21.0 Å². The lowest BCUT2D eigenvalue weighted by Gasteiger charge is -2.15. The molecule has 0 N–H and O–H groups in total. The molecule has 4 nitrogen and oxygen atoms in total. The van der Waals surface area contributed by atoms with Crippen molar-refractivity contribution in [3.63, 3.8) is 0 Å². The number of fused-ring (bicyclic) bond motifs is 1. The molecule has 0 radical (unpaired) electrons. The normalized spacial score (nSPS) is 12.3. The molecule has 2 rings (SSSR count). The lowest BCUT2D eigenvalue weighted by molar-refractivity contribution is 0.0814. The Hall–Kier alpha value is -0.183. The summed E-state index contributed by atoms with van der Waals surface area (Å²) in [6.45, 7) is 8.28. The average Bonchev–Trinajstić information content (AvgIpc) is 2.60. The van der Waals surface area contributed by atoms with E-state index >= 15 is 0 Å². The van der Waals surface area contributed by atoms with Crippen molar-refractivity contribution in [2.75, 3.05) is 6.61 Å². The van der Waals surface area contributed by atoms with E-state index in [4.69, 9.17) is 16.3 Å². The Morgan fingerprint density at radius 3 is 2.79 bits per heavy atom. The summed E-state index contributed by atoms with van der Waals surface area (Å²) >= 11 is 8.07. The summed E-state index contributed by atoms with van der Waals surface area (Å²) in [5.41, 5.74) is 1.80. The Balaban J connectivity index is 2.05. The van der Waals surface area contributed by atoms with Crippen molar-refractivity contribution in [2.45, 2.75) is 32.4 Å². The van der Waals surface area contributed by atoms with Gasteiger partial charge in [0.05, 0.1) is 5.52 Å². The van der Waals surface area contributed by atoms with Crippen LogP contribution >= 0.6 is 34.2 Å². The fourth-order valence-corrected chi connectivity index (χ4v) is 3.18. The zero-order valence-corrected chi connectivity index (χ0v) is 15.2. The molecule has 7 heteroatoms. The van der Waals surface area contributed by atoms with Gasteiger partial charge in [-0.1, -0.05) is 31.2 Å². The van der Waals surface area contributed by atoms with Crippen molar-refractivity contribution in [2.24, 2.45) is 0 Å². The molecular weight excluding hydrogens is 393 g/mol. The minimum atomic E-state index is -1.04. The van der Waals surface area contributed by atoms with Crippen LogP contribution in [0.5, 0.6) is 0 Å². The summed E-state index contributed by atoms with van der Waals surface area (Å²) in [4.78, 5) is 4.29. The number of aromatic nitrogens is 3. The van der Waals surface area contributed by atoms with Crippen LogP contribution in [0.15, 0.2) is 12.1 Å². The van der Waals surface area contributed by atoms with E-state index in [1.165, 1.54) is 0 Å². The average molecular weight is 410 g/mol. The van der Waals surface area contributed by atoms with Crippen LogP contribution in [0.4, 0.5) is 0 Å². The second-order valence-electron chi connectivity index (χ2n) is 5.64. The highest BCUT2D eigenvalue weighted by molar-refractivity contribution is 14.1. The van der Waals surface area contributed by atoms with E-state index in [2.05, 4.69) is 52.3 Å². The number of halogens is 2. The maximum Gasteiger partial charge on any atom is 0.149 e. The molecule has 2 aromatic heterocycles. The van der Waals surface area contributed by atoms with Gasteiger partial charge in [-0.15, -0.1) is 0 Å². The summed E-state index contributed by atoms with van der Waals surface area (Å²) in [5.74, 6) is 0. The van der Waals surface area contributed by atoms with Gasteiger partial charge in [0, 0.05) is 14.7 Å². The lowest BCUT2D eigenvalue weighted by atomic mass is 10.4. The van der Waals surface area contributed by atoms with Gasteiger partial charge in [0.25, 0.3) is 0 Å². The Kier molecular flexibility index (Phi) is 4.86. The van der Waals surface area contributed by atoms with E-state index < -0.39 is 8.07 Å². The fourth-order valence-electron chi connectivity index (χ4n) is 1.62. The van der Waals surface area contributed by atoms with Gasteiger partial charge in [0.2, 0.25) is 0 Å². The maximum atomic E-state index is 5.90. The van der Waals surface area contributed by atoms with Crippen LogP contribution in [0.3, 0.4) is 0 Å². The third kappa shape index (κ3) is 4.14. The quantitative estimate of drug-likeness (QED) is 0.324. The van der Waals surface area contributed by atoms with Gasteiger partial charge in [-0.25, -0.2) is 9.67 Å². The maximum absolute atomic E-state index is 5.90. The molecule has 0 saturated carbocycles. The molecule has 0 aliphatic carbocycles. The highest BCUT2D eigenvalue weighted by Crippen LogP contribution is 2.20. The van der Waals surface area contributed by atoms with Crippen molar-refractivity contribution in [3.8, 4) is 0 Å². The Labute approximate surface area is 132 Å². The summed E-state index contributed by atoms with van der Waals surface area (Å²) in [5, 5.41) is 4.92. The largest absolute Gasteiger partial charge is 0.360 e. The number of hydrogen-bond acceptors (Lipinski definition) is 3. The predicted molar refractivity (Wildman–Crippen MR) is 89.4 cm³/mol. The zero-order chi connectivity index (χ0) is 14.0. The molecule has 0 saturated heterocycles. The highest BCUT2D eigenvalue weighted by Gasteiger charge is 2.13. The first-order chi connectivity index (χ1) is 8.87. The molecule has 0 aliphatic rings. The standard InChI is InChI=1S/C12H17ClIN3OSi/c1-19(2,3)7-6-18-8-17-9-4-5-10(13)15-11(9)12(14)16-17/h4-5H,6-8H2,1-3H3. The van der Waals surface area contributed by atoms with Crippen molar-refractivity contribution in [1.29, 1.82) is 0 Å². The second-order valence-corrected chi connectivity index (χ2v) is 12.7. The first-order valence-electron chi connectivity index (χ1n) is 6.13. The molecule has 0 amide bonds. The monoisotopic (exact) mass is 409 g/mol. The van der Waals surface area contributed by atoms with Gasteiger partial charge in [0.15, 0.2) is 0 Å². The van der Waals surface area contributed by atoms with Gasteiger partial charge < -0.3 is 4.74 Å². The van der Waals surface area contributed by atoms with E-state index in [1.807, 2.05) is 10.7 Å². The topological polar surface area (TPSA) is 39.9 Å². The van der Waals surface area contributed by atoms with E-state index in [9.17, 15) is 0 Å². The smallest absolute Gasteiger partial charge is 0.149 e. The minimum absolute atomic E-state index is 0.466. The van der Waals surface area contributed by atoms with Crippen molar-refractivity contribution in [1.82, 2.24) is 14.8 Å². The van der Waals surface area contributed by atoms with Gasteiger partial charge >= 0.3 is 0 Å². The lowest BCUT2D eigenvalue weighted by Crippen LogP contribution is -2.22. The van der Waals surface area contributed by atoms with Gasteiger partial charge in [-0.05, 0) is 40.8 Å². The molecule has 0 aliphatic heterocycles. The van der Waals surface area contributed by atoms with Crippen LogP contribution in [-0.2, 0) is 11.5 Å². The molecule has 19 heavy (non-hydrogen) atoms. The molecule has 2 heterocycles. The number of rotatable bonds is 5. The SMILES string of the molecule is C[Si](C)(C)CCOCn1nc(I)c2nc(Cl)ccc21. The molecule has 104 valence electrons. The van der Waals surface area contributed by atoms with Crippen LogP contribution < -0.4 is 0 Å². The number of pyridine rings is 1. The fraction of sp³-hybridized carbons (Fsp3) is 0.500. The van der Waals surface area contributed by atoms with Crippen molar-refractivity contribution >= 4 is 53.3 Å². The molecule has 0 aromatic carbocycles. The molecule has 0 bridgehead atoms. The Morgan fingerprint density at radius 1 is 1.37 bits per heavy atom. The summed E-state index contributed by atoms with van der Waals surface area (Å²) < 4.78 is 8.41. The van der Waals surface area contributed by atoms with Crippen LogP contribution in [0.1, 0.15) is 0 Å². The number of hydrogen-bond donors (Lipinski definition) is 0. The minimum Gasteiger partial charge on any atom is -0.360 e. The molecule has 0 atom stereocenters. The summed E-state index contributed by atoms with van der Waals surface area (Å²) in [6, 6.07) is 4.87. The molecule has 0 spiro atoms. The molecule has 2 aromatic rings. The third-order valence-electron chi connectivity index (χ3n) is 2.73. The molecule has 0 unspecified atom stereocenters. The Morgan fingerprint density at radius 2 is 2.11 bits per heavy atom. The zero-order valence-electron chi connectivity index (χ0n) is 11.3. The van der Waals surface area contributed by atoms with Gasteiger partial charge in [-0.3, -0.25) is 0 Å². The Bertz CT molecular complexity index is 582. The second kappa shape index (κ2) is 6.07. The predicted octanol–water partition coefficient (Wildman–Crippen LogP) is 4.00. The number of ether oxygens (including phenoxy) is 1. The summed E-state index contributed by atoms with van der Waals surface area (Å²) in [6.07, 6.45) is 0. The van der Waals surface area contributed by atoms with E-state index in [0.717, 1.165) is 27.4 Å². The first kappa shape index (κ1) is 15.2. The van der Waals surface area contributed by atoms with Crippen LogP contribution in [-0.4, -0.2) is 29.4 Å². The molecule has 0 fully saturated rings. The highest BCUT2D eigenvalue weighted by atomic mass is 127. The van der Waals surface area contributed by atoms with Gasteiger partial charge in [-0.2, -0.15) is 5.10 Å². The van der Waals surface area contributed by atoms with Gasteiger partial charge in [0.1, 0.15) is 21.1 Å². The molecular formula is C12H17ClIN3OSi. The van der Waals surface area contributed by atoms with Crippen LogP contribution in [0.2, 0.25) is 30.8 Å². The van der Waals surface area contributed by atoms with Crippen LogP contribution in [0, 0.1) is 3.70 Å². The van der Waals surface area contributed by atoms with E-state index in [1.54, 1.807) is 6.07 Å². The van der Waals surface area contributed by atoms with E-state index in [0.29, 0.717) is 11.9 Å². The third-order valence-corrected chi connectivity index (χ3v) is 5.37. The van der Waals surface area contributed by atoms with E-state index in [-0.39, 0.29) is 0 Å². The van der Waals surface area contributed by atoms with Crippen LogP contribution in [0.25, 0.3) is 11.0 Å². The number of nitrogens with zero attached hydrogens (tertiary/aromatic N) is 3.